The predicted octanol–water partition coefficient (Wildman–Crippen LogP) is 2.36. The van der Waals surface area contributed by atoms with Crippen molar-refractivity contribution in [1.82, 2.24) is 4.90 Å². The van der Waals surface area contributed by atoms with Crippen LogP contribution in [0.3, 0.4) is 0 Å². The quantitative estimate of drug-likeness (QED) is 0.844. The first kappa shape index (κ1) is 13.2. The number of aryl methyl sites for hydroxylation is 1. The first-order valence-corrected chi connectivity index (χ1v) is 7.19. The van der Waals surface area contributed by atoms with Crippen molar-refractivity contribution in [3.63, 3.8) is 0 Å². The number of hydrogen-bond acceptors (Lipinski definition) is 3. The highest BCUT2D eigenvalue weighted by molar-refractivity contribution is 6.02. The maximum absolute atomic E-state index is 11.9. The van der Waals surface area contributed by atoms with Crippen molar-refractivity contribution in [2.24, 2.45) is 11.1 Å². The maximum Gasteiger partial charge on any atom is 0.225 e. The molecule has 1 aliphatic heterocycles. The molecular formula is C16H20N2O2. The molecule has 20 heavy (non-hydrogen) atoms. The van der Waals surface area contributed by atoms with E-state index in [2.05, 4.69) is 24.2 Å². The number of rotatable bonds is 4. The molecule has 1 aromatic carbocycles. The number of hydrogen-bond donors (Lipinski definition) is 0. The van der Waals surface area contributed by atoms with E-state index in [1.165, 1.54) is 5.56 Å². The van der Waals surface area contributed by atoms with E-state index in [1.807, 2.05) is 19.2 Å². The van der Waals surface area contributed by atoms with Crippen LogP contribution >= 0.6 is 0 Å². The molecule has 1 unspecified atom stereocenters. The molecule has 0 radical (unpaired) electrons. The Hall–Kier alpha value is -1.84. The van der Waals surface area contributed by atoms with Crippen LogP contribution < -0.4 is 0 Å². The van der Waals surface area contributed by atoms with Gasteiger partial charge in [0.25, 0.3) is 0 Å². The summed E-state index contributed by atoms with van der Waals surface area (Å²) in [5, 5.41) is 4.20. The molecule has 3 rings (SSSR count). The minimum Gasteiger partial charge on any atom is -0.390 e. The van der Waals surface area contributed by atoms with Gasteiger partial charge in [-0.3, -0.25) is 4.79 Å². The normalized spacial score (nSPS) is 21.3. The van der Waals surface area contributed by atoms with Crippen molar-refractivity contribution in [3.05, 3.63) is 35.4 Å². The molecule has 1 atom stereocenters. The third kappa shape index (κ3) is 2.69. The molecule has 1 heterocycles. The molecule has 106 valence electrons. The first-order chi connectivity index (χ1) is 9.65. The van der Waals surface area contributed by atoms with Crippen LogP contribution in [0.25, 0.3) is 0 Å². The summed E-state index contributed by atoms with van der Waals surface area (Å²) in [7, 11) is 1.86. The highest BCUT2D eigenvalue weighted by Crippen LogP contribution is 2.31. The van der Waals surface area contributed by atoms with Crippen LogP contribution in [0.5, 0.6) is 0 Å². The zero-order valence-electron chi connectivity index (χ0n) is 12.0. The zero-order chi connectivity index (χ0) is 14.1. The van der Waals surface area contributed by atoms with Crippen molar-refractivity contribution in [2.75, 3.05) is 13.6 Å². The third-order valence-electron chi connectivity index (χ3n) is 3.97. The molecule has 0 bridgehead atoms. The molecule has 4 heteroatoms. The van der Waals surface area contributed by atoms with Crippen molar-refractivity contribution in [1.29, 1.82) is 0 Å². The van der Waals surface area contributed by atoms with E-state index in [0.29, 0.717) is 6.54 Å². The van der Waals surface area contributed by atoms with Gasteiger partial charge in [-0.1, -0.05) is 29.4 Å². The second kappa shape index (κ2) is 5.27. The third-order valence-corrected chi connectivity index (χ3v) is 3.97. The summed E-state index contributed by atoms with van der Waals surface area (Å²) in [5.74, 6) is 0.510. The van der Waals surface area contributed by atoms with Crippen molar-refractivity contribution >= 4 is 11.6 Å². The van der Waals surface area contributed by atoms with Crippen LogP contribution in [-0.2, 0) is 9.63 Å². The minimum absolute atomic E-state index is 0.0164. The summed E-state index contributed by atoms with van der Waals surface area (Å²) in [4.78, 5) is 19.2. The maximum atomic E-state index is 11.9. The number of amides is 1. The van der Waals surface area contributed by atoms with Crippen molar-refractivity contribution in [2.45, 2.75) is 32.3 Å². The largest absolute Gasteiger partial charge is 0.390 e. The molecule has 1 amide bonds. The second-order valence-electron chi connectivity index (χ2n) is 5.78. The highest BCUT2D eigenvalue weighted by Gasteiger charge is 2.34. The molecule has 0 saturated heterocycles. The molecule has 1 aromatic rings. The molecule has 0 spiro atoms. The standard InChI is InChI=1S/C16H20N2O2/c1-11-5-3-4-6-14(11)15-9-13(20-17-15)10-18(2)16(19)12-7-8-12/h3-6,12-13H,7-10H2,1-2H3. The Labute approximate surface area is 119 Å². The van der Waals surface area contributed by atoms with E-state index in [-0.39, 0.29) is 17.9 Å². The van der Waals surface area contributed by atoms with Gasteiger partial charge in [0.05, 0.1) is 12.3 Å². The molecule has 1 aliphatic carbocycles. The Morgan fingerprint density at radius 3 is 2.85 bits per heavy atom. The van der Waals surface area contributed by atoms with E-state index in [1.54, 1.807) is 4.90 Å². The summed E-state index contributed by atoms with van der Waals surface area (Å²) in [6.45, 7) is 2.70. The summed E-state index contributed by atoms with van der Waals surface area (Å²) in [6, 6.07) is 8.18. The fourth-order valence-corrected chi connectivity index (χ4v) is 2.62. The molecule has 0 aromatic heterocycles. The van der Waals surface area contributed by atoms with Crippen LogP contribution in [0.4, 0.5) is 0 Å². The van der Waals surface area contributed by atoms with Gasteiger partial charge in [0, 0.05) is 24.9 Å². The van der Waals surface area contributed by atoms with Gasteiger partial charge in [-0.2, -0.15) is 0 Å². The summed E-state index contributed by atoms with van der Waals surface area (Å²) < 4.78 is 0. The van der Waals surface area contributed by atoms with E-state index in [0.717, 1.165) is 30.5 Å². The Balaban J connectivity index is 1.59. The first-order valence-electron chi connectivity index (χ1n) is 7.19. The van der Waals surface area contributed by atoms with Crippen LogP contribution in [0.15, 0.2) is 29.4 Å². The zero-order valence-corrected chi connectivity index (χ0v) is 12.0. The molecule has 2 aliphatic rings. The monoisotopic (exact) mass is 272 g/mol. The number of benzene rings is 1. The van der Waals surface area contributed by atoms with Gasteiger partial charge >= 0.3 is 0 Å². The lowest BCUT2D eigenvalue weighted by molar-refractivity contribution is -0.132. The van der Waals surface area contributed by atoms with Crippen molar-refractivity contribution < 1.29 is 9.63 Å². The predicted molar refractivity (Wildman–Crippen MR) is 77.6 cm³/mol. The van der Waals surface area contributed by atoms with Gasteiger partial charge in [0.2, 0.25) is 5.91 Å². The van der Waals surface area contributed by atoms with Gasteiger partial charge in [0.15, 0.2) is 6.10 Å². The SMILES string of the molecule is Cc1ccccc1C1=NOC(CN(C)C(=O)C2CC2)C1. The summed E-state index contributed by atoms with van der Waals surface area (Å²) in [6.07, 6.45) is 2.84. The fourth-order valence-electron chi connectivity index (χ4n) is 2.62. The van der Waals surface area contributed by atoms with E-state index in [9.17, 15) is 4.79 Å². The average Bonchev–Trinajstić information content (AvgIpc) is 3.19. The van der Waals surface area contributed by atoms with Crippen LogP contribution in [-0.4, -0.2) is 36.2 Å². The average molecular weight is 272 g/mol. The molecule has 1 fully saturated rings. The Kier molecular flexibility index (Phi) is 3.47. The smallest absolute Gasteiger partial charge is 0.225 e. The van der Waals surface area contributed by atoms with Gasteiger partial charge in [-0.15, -0.1) is 0 Å². The lowest BCUT2D eigenvalue weighted by atomic mass is 10.0. The molecule has 1 saturated carbocycles. The Morgan fingerprint density at radius 2 is 2.15 bits per heavy atom. The highest BCUT2D eigenvalue weighted by atomic mass is 16.6. The lowest BCUT2D eigenvalue weighted by Crippen LogP contribution is -2.35. The number of carbonyl (C=O) groups is 1. The van der Waals surface area contributed by atoms with E-state index < -0.39 is 0 Å². The topological polar surface area (TPSA) is 41.9 Å². The minimum atomic E-state index is -0.0164. The van der Waals surface area contributed by atoms with Gasteiger partial charge < -0.3 is 9.74 Å². The van der Waals surface area contributed by atoms with Crippen LogP contribution in [0.2, 0.25) is 0 Å². The molecule has 0 N–H and O–H groups in total. The van der Waals surface area contributed by atoms with Gasteiger partial charge in [-0.25, -0.2) is 0 Å². The fraction of sp³-hybridized carbons (Fsp3) is 0.500. The molecule has 4 nitrogen and oxygen atoms in total. The number of likely N-dealkylation sites (N-methyl/N-ethyl adjacent to an activating group) is 1. The van der Waals surface area contributed by atoms with Crippen LogP contribution in [0.1, 0.15) is 30.4 Å². The van der Waals surface area contributed by atoms with Crippen molar-refractivity contribution in [3.8, 4) is 0 Å². The molecular weight excluding hydrogens is 252 g/mol. The summed E-state index contributed by atoms with van der Waals surface area (Å²) in [5.41, 5.74) is 3.34. The Bertz CT molecular complexity index is 549. The number of carbonyl (C=O) groups excluding carboxylic acids is 1. The Morgan fingerprint density at radius 1 is 1.40 bits per heavy atom. The van der Waals surface area contributed by atoms with E-state index >= 15 is 0 Å². The van der Waals surface area contributed by atoms with Gasteiger partial charge in [0.1, 0.15) is 0 Å². The van der Waals surface area contributed by atoms with E-state index in [4.69, 9.17) is 4.84 Å². The summed E-state index contributed by atoms with van der Waals surface area (Å²) >= 11 is 0. The lowest BCUT2D eigenvalue weighted by Gasteiger charge is -2.19. The van der Waals surface area contributed by atoms with Crippen LogP contribution in [0, 0.1) is 12.8 Å². The number of nitrogens with zero attached hydrogens (tertiary/aromatic N) is 2. The number of oxime groups is 1. The second-order valence-corrected chi connectivity index (χ2v) is 5.78. The van der Waals surface area contributed by atoms with Gasteiger partial charge in [-0.05, 0) is 25.3 Å².